The number of aryl methyl sites for hydroxylation is 1. The molecule has 5 aromatic carbocycles. The maximum atomic E-state index is 12.6. The third kappa shape index (κ3) is 6.63. The van der Waals surface area contributed by atoms with Crippen LogP contribution >= 0.6 is 0 Å². The summed E-state index contributed by atoms with van der Waals surface area (Å²) in [4.78, 5) is 2.20. The molecular formula is C41H42N2O5S. The minimum absolute atomic E-state index is 0.00121. The third-order valence-corrected chi connectivity index (χ3v) is 11.5. The van der Waals surface area contributed by atoms with Crippen molar-refractivity contribution in [2.75, 3.05) is 19.1 Å². The maximum absolute atomic E-state index is 12.6. The van der Waals surface area contributed by atoms with E-state index in [2.05, 4.69) is 70.1 Å². The highest BCUT2D eigenvalue weighted by Gasteiger charge is 2.33. The monoisotopic (exact) mass is 674 g/mol. The van der Waals surface area contributed by atoms with E-state index in [1.807, 2.05) is 54.6 Å². The number of ether oxygens (including phenoxy) is 2. The van der Waals surface area contributed by atoms with Crippen molar-refractivity contribution in [2.24, 2.45) is 5.92 Å². The Hall–Kier alpha value is -4.79. The average molecular weight is 675 g/mol. The van der Waals surface area contributed by atoms with E-state index in [1.165, 1.54) is 0 Å². The van der Waals surface area contributed by atoms with Crippen LogP contribution in [0.2, 0.25) is 0 Å². The van der Waals surface area contributed by atoms with Crippen LogP contribution in [0.4, 0.5) is 17.1 Å². The van der Waals surface area contributed by atoms with Crippen LogP contribution in [0.25, 0.3) is 32.9 Å². The quantitative estimate of drug-likeness (QED) is 0.138. The fourth-order valence-electron chi connectivity index (χ4n) is 7.67. The van der Waals surface area contributed by atoms with Crippen LogP contribution in [0, 0.1) is 5.92 Å². The minimum Gasteiger partial charge on any atom is -0.497 e. The van der Waals surface area contributed by atoms with E-state index in [0.717, 1.165) is 93.6 Å². The van der Waals surface area contributed by atoms with E-state index < -0.39 is 15.4 Å². The second-order valence-corrected chi connectivity index (χ2v) is 14.5. The molecule has 0 radical (unpaired) electrons. The fraction of sp³-hybridized carbons (Fsp3) is 0.268. The van der Waals surface area contributed by atoms with E-state index >= 15 is 0 Å². The molecule has 6 aromatic rings. The molecule has 0 aliphatic heterocycles. The lowest BCUT2D eigenvalue weighted by Crippen LogP contribution is -2.32. The van der Waals surface area contributed by atoms with Crippen molar-refractivity contribution < 1.29 is 22.4 Å². The molecule has 0 spiro atoms. The van der Waals surface area contributed by atoms with Gasteiger partial charge in [-0.2, -0.15) is 8.42 Å². The summed E-state index contributed by atoms with van der Waals surface area (Å²) in [7, 11) is -0.829. The number of para-hydroxylation sites is 1. The summed E-state index contributed by atoms with van der Waals surface area (Å²) in [5.74, 6) is 1.59. The number of methoxy groups -OCH3 is 2. The van der Waals surface area contributed by atoms with E-state index in [-0.39, 0.29) is 5.92 Å². The molecule has 1 N–H and O–H groups in total. The number of benzene rings is 5. The molecule has 1 aliphatic rings. The van der Waals surface area contributed by atoms with Crippen LogP contribution in [0.1, 0.15) is 38.5 Å². The summed E-state index contributed by atoms with van der Waals surface area (Å²) in [5.41, 5.74) is 7.31. The summed E-state index contributed by atoms with van der Waals surface area (Å²) < 4.78 is 48.6. The van der Waals surface area contributed by atoms with Crippen LogP contribution in [-0.2, 0) is 16.7 Å². The van der Waals surface area contributed by atoms with E-state index in [0.29, 0.717) is 13.0 Å². The smallest absolute Gasteiger partial charge is 0.268 e. The summed E-state index contributed by atoms with van der Waals surface area (Å²) >= 11 is 0. The molecule has 1 heterocycles. The van der Waals surface area contributed by atoms with Crippen LogP contribution < -0.4 is 14.4 Å². The minimum atomic E-state index is -4.16. The van der Waals surface area contributed by atoms with Gasteiger partial charge in [0.05, 0.1) is 19.5 Å². The molecule has 7 nitrogen and oxygen atoms in total. The van der Waals surface area contributed by atoms with Gasteiger partial charge in [0, 0.05) is 45.4 Å². The number of fused-ring (bicyclic) bond motifs is 3. The summed E-state index contributed by atoms with van der Waals surface area (Å²) in [6.45, 7) is 0.506. The lowest BCUT2D eigenvalue weighted by Gasteiger charge is -2.28. The van der Waals surface area contributed by atoms with Crippen molar-refractivity contribution in [1.29, 1.82) is 0 Å². The molecule has 1 saturated carbocycles. The zero-order chi connectivity index (χ0) is 34.0. The second kappa shape index (κ2) is 14.0. The second-order valence-electron chi connectivity index (χ2n) is 12.9. The first-order valence-corrected chi connectivity index (χ1v) is 18.5. The Kier molecular flexibility index (Phi) is 9.34. The van der Waals surface area contributed by atoms with Gasteiger partial charge in [-0.3, -0.25) is 4.55 Å². The van der Waals surface area contributed by atoms with Gasteiger partial charge in [0.1, 0.15) is 11.5 Å². The highest BCUT2D eigenvalue weighted by atomic mass is 32.2. The van der Waals surface area contributed by atoms with E-state index in [9.17, 15) is 13.0 Å². The Morgan fingerprint density at radius 1 is 0.714 bits per heavy atom. The molecule has 252 valence electrons. The topological polar surface area (TPSA) is 81.0 Å². The van der Waals surface area contributed by atoms with Gasteiger partial charge in [0.15, 0.2) is 0 Å². The Bertz CT molecular complexity index is 2100. The molecule has 0 saturated heterocycles. The SMILES string of the molecule is COc1ccc(N(c2ccc(OC)cc2)c2ccc(-c3cccc4c3c3ccccc3n4CCC(C3CCCCC3)S(=O)(=O)O)cc2)cc1. The molecule has 1 atom stereocenters. The Morgan fingerprint density at radius 3 is 1.84 bits per heavy atom. The summed E-state index contributed by atoms with van der Waals surface area (Å²) in [5, 5.41) is 1.50. The predicted molar refractivity (Wildman–Crippen MR) is 199 cm³/mol. The van der Waals surface area contributed by atoms with Gasteiger partial charge in [0.25, 0.3) is 10.1 Å². The molecule has 1 aliphatic carbocycles. The first-order valence-electron chi connectivity index (χ1n) is 17.0. The van der Waals surface area contributed by atoms with Crippen LogP contribution in [-0.4, -0.2) is 37.0 Å². The van der Waals surface area contributed by atoms with Crippen molar-refractivity contribution in [3.63, 3.8) is 0 Å². The van der Waals surface area contributed by atoms with Crippen LogP contribution in [0.15, 0.2) is 115 Å². The Labute approximate surface area is 288 Å². The zero-order valence-electron chi connectivity index (χ0n) is 28.0. The molecule has 1 aromatic heterocycles. The Morgan fingerprint density at radius 2 is 1.27 bits per heavy atom. The molecule has 8 heteroatoms. The zero-order valence-corrected chi connectivity index (χ0v) is 28.8. The Balaban J connectivity index is 1.26. The molecular weight excluding hydrogens is 633 g/mol. The number of nitrogens with zero attached hydrogens (tertiary/aromatic N) is 2. The van der Waals surface area contributed by atoms with Crippen LogP contribution in [0.3, 0.4) is 0 Å². The third-order valence-electron chi connectivity index (χ3n) is 10.1. The normalized spacial score (nSPS) is 14.6. The lowest BCUT2D eigenvalue weighted by molar-refractivity contribution is 0.314. The van der Waals surface area contributed by atoms with Crippen molar-refractivity contribution in [3.05, 3.63) is 115 Å². The largest absolute Gasteiger partial charge is 0.497 e. The predicted octanol–water partition coefficient (Wildman–Crippen LogP) is 10.2. The molecule has 0 bridgehead atoms. The number of hydrogen-bond acceptors (Lipinski definition) is 5. The molecule has 7 rings (SSSR count). The van der Waals surface area contributed by atoms with E-state index in [4.69, 9.17) is 9.47 Å². The number of rotatable bonds is 11. The highest BCUT2D eigenvalue weighted by molar-refractivity contribution is 7.86. The van der Waals surface area contributed by atoms with Crippen LogP contribution in [0.5, 0.6) is 11.5 Å². The molecule has 1 unspecified atom stereocenters. The van der Waals surface area contributed by atoms with Crippen molar-refractivity contribution in [3.8, 4) is 22.6 Å². The number of hydrogen-bond donors (Lipinski definition) is 1. The van der Waals surface area contributed by atoms with Gasteiger partial charge in [0.2, 0.25) is 0 Å². The van der Waals surface area contributed by atoms with Crippen molar-refractivity contribution >= 4 is 49.0 Å². The molecule has 49 heavy (non-hydrogen) atoms. The van der Waals surface area contributed by atoms with Crippen molar-refractivity contribution in [2.45, 2.75) is 50.3 Å². The van der Waals surface area contributed by atoms with Crippen molar-refractivity contribution in [1.82, 2.24) is 4.57 Å². The first-order chi connectivity index (χ1) is 23.9. The van der Waals surface area contributed by atoms with Gasteiger partial charge >= 0.3 is 0 Å². The standard InChI is InChI=1S/C41H42N2O5S/c1-47-34-23-19-32(20-24-34)43(33-21-25-35(48-2)26-22-33)31-17-15-29(16-18-31)36-12-8-14-39-41(36)37-11-6-7-13-38(37)42(39)28-27-40(49(44,45)46)30-9-4-3-5-10-30/h6-8,11-26,30,40H,3-5,9-10,27-28H2,1-2H3,(H,44,45,46). The molecule has 0 amide bonds. The average Bonchev–Trinajstić information content (AvgIpc) is 3.46. The first kappa shape index (κ1) is 32.7. The summed E-state index contributed by atoms with van der Waals surface area (Å²) in [6.07, 6.45) is 5.26. The summed E-state index contributed by atoms with van der Waals surface area (Å²) in [6, 6.07) is 39.3. The van der Waals surface area contributed by atoms with Gasteiger partial charge in [-0.05, 0) is 109 Å². The molecule has 1 fully saturated rings. The van der Waals surface area contributed by atoms with Gasteiger partial charge in [-0.25, -0.2) is 0 Å². The van der Waals surface area contributed by atoms with Gasteiger partial charge in [-0.15, -0.1) is 0 Å². The van der Waals surface area contributed by atoms with Gasteiger partial charge in [-0.1, -0.05) is 61.7 Å². The lowest BCUT2D eigenvalue weighted by atomic mass is 9.85. The number of aromatic nitrogens is 1. The fourth-order valence-corrected chi connectivity index (χ4v) is 8.83. The van der Waals surface area contributed by atoms with Gasteiger partial charge < -0.3 is 18.9 Å². The maximum Gasteiger partial charge on any atom is 0.268 e. The number of anilines is 3. The highest BCUT2D eigenvalue weighted by Crippen LogP contribution is 2.41. The van der Waals surface area contributed by atoms with E-state index in [1.54, 1.807) is 14.2 Å².